The number of carbonyl (C=O) groups excluding carboxylic acids is 1. The van der Waals surface area contributed by atoms with Gasteiger partial charge in [-0.2, -0.15) is 9.61 Å². The van der Waals surface area contributed by atoms with Gasteiger partial charge in [-0.1, -0.05) is 42.0 Å². The lowest BCUT2D eigenvalue weighted by Crippen LogP contribution is -2.18. The van der Waals surface area contributed by atoms with Gasteiger partial charge in [-0.25, -0.2) is 9.78 Å². The van der Waals surface area contributed by atoms with Crippen LogP contribution in [0.3, 0.4) is 0 Å². The second-order valence-corrected chi connectivity index (χ2v) is 6.85. The highest BCUT2D eigenvalue weighted by molar-refractivity contribution is 7.16. The highest BCUT2D eigenvalue weighted by Gasteiger charge is 2.11. The number of hydrogen-bond donors (Lipinski definition) is 0. The van der Waals surface area contributed by atoms with Crippen LogP contribution < -0.4 is 10.3 Å². The van der Waals surface area contributed by atoms with Crippen LogP contribution in [0, 0.1) is 0 Å². The fourth-order valence-electron chi connectivity index (χ4n) is 2.18. The maximum atomic E-state index is 12.1. The summed E-state index contributed by atoms with van der Waals surface area (Å²) in [5.74, 6) is -0.181. The van der Waals surface area contributed by atoms with Gasteiger partial charge in [0.05, 0.1) is 10.7 Å². The number of halogens is 1. The molecule has 2 heterocycles. The van der Waals surface area contributed by atoms with Crippen LogP contribution in [0.4, 0.5) is 0 Å². The van der Waals surface area contributed by atoms with Gasteiger partial charge in [-0.05, 0) is 18.6 Å². The maximum Gasteiger partial charge on any atom is 0.344 e. The molecule has 0 saturated heterocycles. The number of benzene rings is 1. The first-order valence-corrected chi connectivity index (χ1v) is 9.18. The first kappa shape index (κ1) is 18.3. The smallest absolute Gasteiger partial charge is 0.344 e. The number of aryl methyl sites for hydroxylation is 1. The van der Waals surface area contributed by atoms with Gasteiger partial charge in [0.1, 0.15) is 17.4 Å². The Hall–Kier alpha value is -2.45. The number of fused-ring (bicyclic) bond motifs is 1. The van der Waals surface area contributed by atoms with E-state index in [-0.39, 0.29) is 18.8 Å². The van der Waals surface area contributed by atoms with Gasteiger partial charge in [-0.15, -0.1) is 0 Å². The summed E-state index contributed by atoms with van der Waals surface area (Å²) in [6.07, 6.45) is 1.72. The molecule has 0 aliphatic carbocycles. The average Bonchev–Trinajstić information content (AvgIpc) is 3.03. The van der Waals surface area contributed by atoms with Gasteiger partial charge in [-0.3, -0.25) is 4.79 Å². The summed E-state index contributed by atoms with van der Waals surface area (Å²) < 4.78 is 11.7. The summed E-state index contributed by atoms with van der Waals surface area (Å²) in [4.78, 5) is 28.7. The van der Waals surface area contributed by atoms with Gasteiger partial charge in [0.15, 0.2) is 6.61 Å². The van der Waals surface area contributed by atoms with E-state index in [1.807, 2.05) is 6.92 Å². The molecule has 136 valence electrons. The lowest BCUT2D eigenvalue weighted by molar-refractivity contribution is -0.147. The average molecular weight is 394 g/mol. The molecular weight excluding hydrogens is 378 g/mol. The molecule has 9 heteroatoms. The Kier molecular flexibility index (Phi) is 5.85. The number of rotatable bonds is 7. The van der Waals surface area contributed by atoms with Crippen LogP contribution in [0.15, 0.2) is 35.1 Å². The summed E-state index contributed by atoms with van der Waals surface area (Å²) in [5, 5.41) is 5.49. The number of carbonyl (C=O) groups is 1. The maximum absolute atomic E-state index is 12.1. The van der Waals surface area contributed by atoms with E-state index in [0.717, 1.165) is 17.8 Å². The monoisotopic (exact) mass is 393 g/mol. The number of aromatic nitrogens is 3. The minimum absolute atomic E-state index is 0.114. The van der Waals surface area contributed by atoms with Crippen molar-refractivity contribution in [3.8, 4) is 5.75 Å². The van der Waals surface area contributed by atoms with Gasteiger partial charge >= 0.3 is 5.97 Å². The molecule has 0 fully saturated rings. The summed E-state index contributed by atoms with van der Waals surface area (Å²) in [6, 6.07) is 8.14. The fourth-order valence-corrected chi connectivity index (χ4v) is 3.39. The van der Waals surface area contributed by atoms with E-state index >= 15 is 0 Å². The lowest BCUT2D eigenvalue weighted by atomic mass is 10.3. The van der Waals surface area contributed by atoms with E-state index in [9.17, 15) is 9.59 Å². The molecule has 0 atom stereocenters. The van der Waals surface area contributed by atoms with Crippen LogP contribution in [0.25, 0.3) is 4.96 Å². The Morgan fingerprint density at radius 1 is 1.35 bits per heavy atom. The van der Waals surface area contributed by atoms with Gasteiger partial charge in [0.2, 0.25) is 4.96 Å². The van der Waals surface area contributed by atoms with E-state index in [1.54, 1.807) is 24.3 Å². The van der Waals surface area contributed by atoms with Crippen molar-refractivity contribution in [3.63, 3.8) is 0 Å². The lowest BCUT2D eigenvalue weighted by Gasteiger charge is -2.07. The zero-order valence-corrected chi connectivity index (χ0v) is 15.5. The van der Waals surface area contributed by atoms with Crippen molar-refractivity contribution in [1.82, 2.24) is 14.6 Å². The van der Waals surface area contributed by atoms with Gasteiger partial charge in [0.25, 0.3) is 5.56 Å². The molecule has 3 rings (SSSR count). The van der Waals surface area contributed by atoms with Crippen LogP contribution in [-0.4, -0.2) is 27.2 Å². The second kappa shape index (κ2) is 8.29. The Morgan fingerprint density at radius 2 is 2.15 bits per heavy atom. The standard InChI is InChI=1S/C17H16ClN3O4S/c1-2-5-14-20-21-15(22)8-11(19-17(21)26-14)9-25-16(23)10-24-13-7-4-3-6-12(13)18/h3-4,6-8H,2,5,9-10H2,1H3. The third-order valence-corrected chi connectivity index (χ3v) is 4.65. The van der Waals surface area contributed by atoms with Crippen LogP contribution >= 0.6 is 22.9 Å². The van der Waals surface area contributed by atoms with E-state index in [1.165, 1.54) is 21.9 Å². The molecule has 0 spiro atoms. The molecular formula is C17H16ClN3O4S. The van der Waals surface area contributed by atoms with Crippen molar-refractivity contribution in [1.29, 1.82) is 0 Å². The number of nitrogens with zero attached hydrogens (tertiary/aromatic N) is 3. The molecule has 7 nitrogen and oxygen atoms in total. The van der Waals surface area contributed by atoms with Crippen molar-refractivity contribution in [3.05, 3.63) is 56.4 Å². The molecule has 0 bridgehead atoms. The fraction of sp³-hybridized carbons (Fsp3) is 0.294. The predicted octanol–water partition coefficient (Wildman–Crippen LogP) is 2.88. The Labute approximate surface area is 158 Å². The van der Waals surface area contributed by atoms with E-state index < -0.39 is 5.97 Å². The predicted molar refractivity (Wildman–Crippen MR) is 97.9 cm³/mol. The van der Waals surface area contributed by atoms with Crippen molar-refractivity contribution in [2.75, 3.05) is 6.61 Å². The third-order valence-electron chi connectivity index (χ3n) is 3.37. The van der Waals surface area contributed by atoms with Crippen molar-refractivity contribution < 1.29 is 14.3 Å². The second-order valence-electron chi connectivity index (χ2n) is 5.41. The van der Waals surface area contributed by atoms with Crippen LogP contribution in [0.5, 0.6) is 5.75 Å². The SMILES string of the molecule is CCCc1nn2c(=O)cc(COC(=O)COc3ccccc3Cl)nc2s1. The molecule has 0 aliphatic rings. The van der Waals surface area contributed by atoms with Gasteiger partial charge in [0, 0.05) is 12.5 Å². The topological polar surface area (TPSA) is 82.8 Å². The summed E-state index contributed by atoms with van der Waals surface area (Å²) in [6.45, 7) is 1.64. The minimum atomic E-state index is -0.581. The normalized spacial score (nSPS) is 10.8. The van der Waals surface area contributed by atoms with E-state index in [0.29, 0.717) is 21.4 Å². The molecule has 0 unspecified atom stereocenters. The highest BCUT2D eigenvalue weighted by Crippen LogP contribution is 2.22. The van der Waals surface area contributed by atoms with E-state index in [2.05, 4.69) is 10.1 Å². The van der Waals surface area contributed by atoms with Gasteiger partial charge < -0.3 is 9.47 Å². The Bertz CT molecular complexity index is 986. The Morgan fingerprint density at radius 3 is 2.92 bits per heavy atom. The largest absolute Gasteiger partial charge is 0.480 e. The van der Waals surface area contributed by atoms with Crippen molar-refractivity contribution >= 4 is 33.9 Å². The van der Waals surface area contributed by atoms with Crippen LogP contribution in [0.1, 0.15) is 24.0 Å². The molecule has 0 radical (unpaired) electrons. The molecule has 0 aliphatic heterocycles. The summed E-state index contributed by atoms with van der Waals surface area (Å²) in [5.41, 5.74) is 0.0692. The first-order valence-electron chi connectivity index (χ1n) is 7.98. The zero-order chi connectivity index (χ0) is 18.5. The van der Waals surface area contributed by atoms with Crippen LogP contribution in [0.2, 0.25) is 5.02 Å². The molecule has 26 heavy (non-hydrogen) atoms. The number of para-hydroxylation sites is 1. The number of ether oxygens (including phenoxy) is 2. The van der Waals surface area contributed by atoms with E-state index in [4.69, 9.17) is 21.1 Å². The highest BCUT2D eigenvalue weighted by atomic mass is 35.5. The molecule has 3 aromatic rings. The van der Waals surface area contributed by atoms with Crippen molar-refractivity contribution in [2.24, 2.45) is 0 Å². The Balaban J connectivity index is 1.61. The van der Waals surface area contributed by atoms with Crippen LogP contribution in [-0.2, 0) is 22.6 Å². The zero-order valence-electron chi connectivity index (χ0n) is 14.0. The molecule has 0 saturated carbocycles. The third kappa shape index (κ3) is 4.39. The quantitative estimate of drug-likeness (QED) is 0.574. The molecule has 1 aromatic carbocycles. The molecule has 0 amide bonds. The number of esters is 1. The minimum Gasteiger partial charge on any atom is -0.480 e. The molecule has 2 aromatic heterocycles. The number of hydrogen-bond acceptors (Lipinski definition) is 7. The first-order chi connectivity index (χ1) is 12.6. The summed E-state index contributed by atoms with van der Waals surface area (Å²) >= 11 is 7.30. The van der Waals surface area contributed by atoms with Crippen molar-refractivity contribution in [2.45, 2.75) is 26.4 Å². The summed E-state index contributed by atoms with van der Waals surface area (Å²) in [7, 11) is 0. The molecule has 0 N–H and O–H groups in total.